The molecule has 0 atom stereocenters. The quantitative estimate of drug-likeness (QED) is 0.525. The highest BCUT2D eigenvalue weighted by atomic mass is 32.1. The van der Waals surface area contributed by atoms with Crippen molar-refractivity contribution in [1.82, 2.24) is 4.98 Å². The molecule has 26 heavy (non-hydrogen) atoms. The van der Waals surface area contributed by atoms with Gasteiger partial charge in [-0.25, -0.2) is 4.39 Å². The molecule has 4 rings (SSSR count). The molecule has 0 fully saturated rings. The maximum atomic E-state index is 14.6. The van der Waals surface area contributed by atoms with E-state index < -0.39 is 0 Å². The average molecular weight is 367 g/mol. The molecule has 5 heteroatoms. The van der Waals surface area contributed by atoms with Crippen LogP contribution in [-0.4, -0.2) is 10.1 Å². The van der Waals surface area contributed by atoms with Crippen LogP contribution in [0.4, 0.5) is 4.39 Å². The van der Waals surface area contributed by atoms with Gasteiger partial charge in [0.25, 0.3) is 5.56 Å². The van der Waals surface area contributed by atoms with Crippen LogP contribution in [0.15, 0.2) is 46.6 Å². The molecule has 132 valence electrons. The Morgan fingerprint density at radius 3 is 2.69 bits per heavy atom. The molecule has 0 unspecified atom stereocenters. The molecule has 3 nitrogen and oxygen atoms in total. The number of thiophene rings is 1. The number of nitrogens with one attached hydrogen (secondary N) is 1. The predicted molar refractivity (Wildman–Crippen MR) is 105 cm³/mol. The number of aromatic amines is 1. The van der Waals surface area contributed by atoms with Crippen molar-refractivity contribution in [3.8, 4) is 11.1 Å². The number of aliphatic hydroxyl groups excluding tert-OH is 1. The summed E-state index contributed by atoms with van der Waals surface area (Å²) in [7, 11) is 0. The summed E-state index contributed by atoms with van der Waals surface area (Å²) in [5, 5.41) is 13.4. The van der Waals surface area contributed by atoms with Gasteiger partial charge in [-0.2, -0.15) is 0 Å². The predicted octanol–water partition coefficient (Wildman–Crippen LogP) is 5.16. The zero-order valence-corrected chi connectivity index (χ0v) is 15.3. The fourth-order valence-electron chi connectivity index (χ4n) is 3.50. The molecule has 2 aromatic heterocycles. The standard InChI is InChI=1S/C21H18FNO2S/c1-11(2)14-5-3-12(9-16(14)22)18-13(10-24)4-6-17-19(18)15-7-8-26-20(15)21(25)23-17/h3-9,11,24H,10H2,1-2H3,(H,23,25). The van der Waals surface area contributed by atoms with Crippen molar-refractivity contribution in [1.29, 1.82) is 0 Å². The number of rotatable bonds is 3. The molecule has 0 saturated carbocycles. The Labute approximate surface area is 153 Å². The summed E-state index contributed by atoms with van der Waals surface area (Å²) in [5.41, 5.74) is 3.37. The fraction of sp³-hybridized carbons (Fsp3) is 0.190. The monoisotopic (exact) mass is 367 g/mol. The van der Waals surface area contributed by atoms with E-state index in [-0.39, 0.29) is 23.9 Å². The Morgan fingerprint density at radius 1 is 1.19 bits per heavy atom. The molecule has 0 aliphatic heterocycles. The Morgan fingerprint density at radius 2 is 2.00 bits per heavy atom. The van der Waals surface area contributed by atoms with Gasteiger partial charge >= 0.3 is 0 Å². The first-order chi connectivity index (χ1) is 12.5. The van der Waals surface area contributed by atoms with Gasteiger partial charge in [0.2, 0.25) is 0 Å². The molecular weight excluding hydrogens is 349 g/mol. The number of benzene rings is 2. The molecule has 0 aliphatic rings. The lowest BCUT2D eigenvalue weighted by atomic mass is 9.91. The number of fused-ring (bicyclic) bond motifs is 3. The SMILES string of the molecule is CC(C)c1ccc(-c2c(CO)ccc3[nH]c(=O)c4sccc4c23)cc1F. The summed E-state index contributed by atoms with van der Waals surface area (Å²) < 4.78 is 15.3. The lowest BCUT2D eigenvalue weighted by molar-refractivity contribution is 0.282. The number of hydrogen-bond acceptors (Lipinski definition) is 3. The maximum absolute atomic E-state index is 14.6. The molecule has 2 heterocycles. The van der Waals surface area contributed by atoms with Crippen LogP contribution in [0, 0.1) is 5.82 Å². The first kappa shape index (κ1) is 16.9. The zero-order valence-electron chi connectivity index (χ0n) is 14.5. The molecule has 0 amide bonds. The molecule has 0 saturated heterocycles. The van der Waals surface area contributed by atoms with Gasteiger partial charge in [0.05, 0.1) is 6.61 Å². The highest BCUT2D eigenvalue weighted by Crippen LogP contribution is 2.37. The van der Waals surface area contributed by atoms with Crippen LogP contribution in [-0.2, 0) is 6.61 Å². The number of H-pyrrole nitrogens is 1. The highest BCUT2D eigenvalue weighted by Gasteiger charge is 2.17. The van der Waals surface area contributed by atoms with E-state index in [0.29, 0.717) is 26.9 Å². The number of aliphatic hydroxyl groups is 1. The maximum Gasteiger partial charge on any atom is 0.266 e. The van der Waals surface area contributed by atoms with E-state index in [2.05, 4.69) is 4.98 Å². The van der Waals surface area contributed by atoms with Gasteiger partial charge in [-0.1, -0.05) is 32.0 Å². The van der Waals surface area contributed by atoms with Gasteiger partial charge in [0.15, 0.2) is 0 Å². The van der Waals surface area contributed by atoms with Gasteiger partial charge < -0.3 is 10.1 Å². The Balaban J connectivity index is 2.13. The van der Waals surface area contributed by atoms with E-state index in [0.717, 1.165) is 16.3 Å². The molecule has 2 N–H and O–H groups in total. The van der Waals surface area contributed by atoms with E-state index in [1.807, 2.05) is 31.4 Å². The van der Waals surface area contributed by atoms with E-state index >= 15 is 0 Å². The summed E-state index contributed by atoms with van der Waals surface area (Å²) in [6.07, 6.45) is 0. The Hall–Kier alpha value is -2.50. The molecule has 0 spiro atoms. The lowest BCUT2D eigenvalue weighted by Gasteiger charge is -2.15. The van der Waals surface area contributed by atoms with Crippen LogP contribution in [0.5, 0.6) is 0 Å². The largest absolute Gasteiger partial charge is 0.392 e. The van der Waals surface area contributed by atoms with E-state index in [9.17, 15) is 14.3 Å². The van der Waals surface area contributed by atoms with Crippen LogP contribution in [0.2, 0.25) is 0 Å². The summed E-state index contributed by atoms with van der Waals surface area (Å²) in [6.45, 7) is 3.74. The average Bonchev–Trinajstić information content (AvgIpc) is 3.11. The van der Waals surface area contributed by atoms with Gasteiger partial charge in [-0.05, 0) is 51.8 Å². The zero-order chi connectivity index (χ0) is 18.4. The van der Waals surface area contributed by atoms with Crippen LogP contribution in [0.3, 0.4) is 0 Å². The van der Waals surface area contributed by atoms with Gasteiger partial charge in [-0.15, -0.1) is 11.3 Å². The van der Waals surface area contributed by atoms with Crippen LogP contribution in [0.1, 0.15) is 30.9 Å². The Bertz CT molecular complexity index is 1190. The summed E-state index contributed by atoms with van der Waals surface area (Å²) in [4.78, 5) is 15.2. The normalized spacial score (nSPS) is 11.7. The van der Waals surface area contributed by atoms with Crippen LogP contribution >= 0.6 is 11.3 Å². The third-order valence-corrected chi connectivity index (χ3v) is 5.68. The van der Waals surface area contributed by atoms with Crippen molar-refractivity contribution >= 4 is 32.3 Å². The summed E-state index contributed by atoms with van der Waals surface area (Å²) in [5.74, 6) is -0.168. The van der Waals surface area contributed by atoms with E-state index in [1.165, 1.54) is 17.4 Å². The van der Waals surface area contributed by atoms with Crippen molar-refractivity contribution in [3.63, 3.8) is 0 Å². The molecular formula is C21H18FNO2S. The van der Waals surface area contributed by atoms with Gasteiger partial charge in [0, 0.05) is 16.3 Å². The second-order valence-corrected chi connectivity index (χ2v) is 7.60. The molecule has 2 aromatic carbocycles. The molecule has 0 aliphatic carbocycles. The van der Waals surface area contributed by atoms with Crippen LogP contribution in [0.25, 0.3) is 32.1 Å². The topological polar surface area (TPSA) is 53.1 Å². The molecule has 4 aromatic rings. The second-order valence-electron chi connectivity index (χ2n) is 6.69. The van der Waals surface area contributed by atoms with Gasteiger partial charge in [-0.3, -0.25) is 4.79 Å². The van der Waals surface area contributed by atoms with Crippen molar-refractivity contribution in [3.05, 3.63) is 69.1 Å². The Kier molecular flexibility index (Phi) is 4.13. The minimum atomic E-state index is -0.260. The van der Waals surface area contributed by atoms with Crippen LogP contribution < -0.4 is 5.56 Å². The first-order valence-electron chi connectivity index (χ1n) is 8.47. The van der Waals surface area contributed by atoms with Crippen molar-refractivity contribution < 1.29 is 9.50 Å². The smallest absolute Gasteiger partial charge is 0.266 e. The third kappa shape index (κ3) is 2.55. The number of pyridine rings is 1. The molecule has 0 radical (unpaired) electrons. The van der Waals surface area contributed by atoms with Crippen molar-refractivity contribution in [2.75, 3.05) is 0 Å². The van der Waals surface area contributed by atoms with E-state index in [4.69, 9.17) is 0 Å². The van der Waals surface area contributed by atoms with Crippen molar-refractivity contribution in [2.24, 2.45) is 0 Å². The highest BCUT2D eigenvalue weighted by molar-refractivity contribution is 7.17. The minimum Gasteiger partial charge on any atom is -0.392 e. The second kappa shape index (κ2) is 6.34. The first-order valence-corrected chi connectivity index (χ1v) is 9.35. The number of aromatic nitrogens is 1. The van der Waals surface area contributed by atoms with E-state index in [1.54, 1.807) is 18.2 Å². The van der Waals surface area contributed by atoms with Crippen molar-refractivity contribution in [2.45, 2.75) is 26.4 Å². The van der Waals surface area contributed by atoms with Gasteiger partial charge in [0.1, 0.15) is 10.5 Å². The lowest BCUT2D eigenvalue weighted by Crippen LogP contribution is -2.05. The summed E-state index contributed by atoms with van der Waals surface area (Å²) >= 11 is 1.38. The fourth-order valence-corrected chi connectivity index (χ4v) is 4.30. The minimum absolute atomic E-state index is 0.0915. The number of halogens is 1. The number of hydrogen-bond donors (Lipinski definition) is 2. The third-order valence-electron chi connectivity index (χ3n) is 4.76. The summed E-state index contributed by atoms with van der Waals surface area (Å²) in [6, 6.07) is 10.7. The molecule has 0 bridgehead atoms.